The van der Waals surface area contributed by atoms with Crippen molar-refractivity contribution in [1.29, 1.82) is 0 Å². The third-order valence-electron chi connectivity index (χ3n) is 7.93. The van der Waals surface area contributed by atoms with Gasteiger partial charge < -0.3 is 25.0 Å². The number of halogens is 2. The number of hydrogen-bond acceptors (Lipinski definition) is 6. The van der Waals surface area contributed by atoms with Crippen molar-refractivity contribution in [3.8, 4) is 22.8 Å². The first-order valence-corrected chi connectivity index (χ1v) is 12.9. The SMILES string of the molecule is COc1ccc(C2CC(C(F)F)n3nc(-c4ccc(CC(=O)N5C[C@@H]6C[C@H]5CN6)cc4)cc3N2)cc1OC. The van der Waals surface area contributed by atoms with Gasteiger partial charge in [-0.15, -0.1) is 0 Å². The maximum atomic E-state index is 14.1. The van der Waals surface area contributed by atoms with Crippen molar-refractivity contribution in [1.82, 2.24) is 20.0 Å². The van der Waals surface area contributed by atoms with Crippen LogP contribution in [-0.2, 0) is 11.2 Å². The summed E-state index contributed by atoms with van der Waals surface area (Å²) in [7, 11) is 3.11. The van der Waals surface area contributed by atoms with E-state index in [9.17, 15) is 13.6 Å². The van der Waals surface area contributed by atoms with Crippen molar-refractivity contribution < 1.29 is 23.0 Å². The van der Waals surface area contributed by atoms with Crippen LogP contribution in [0.1, 0.15) is 36.1 Å². The van der Waals surface area contributed by atoms with E-state index in [2.05, 4.69) is 15.7 Å². The molecule has 4 heterocycles. The van der Waals surface area contributed by atoms with Crippen LogP contribution in [0.5, 0.6) is 11.5 Å². The average Bonchev–Trinajstić information content (AvgIpc) is 3.68. The zero-order chi connectivity index (χ0) is 26.4. The summed E-state index contributed by atoms with van der Waals surface area (Å²) in [6.07, 6.45) is -1.01. The van der Waals surface area contributed by atoms with Crippen LogP contribution in [0.3, 0.4) is 0 Å². The maximum absolute atomic E-state index is 14.1. The van der Waals surface area contributed by atoms with Gasteiger partial charge in [-0.05, 0) is 36.1 Å². The molecule has 4 atom stereocenters. The Morgan fingerprint density at radius 2 is 1.87 bits per heavy atom. The number of rotatable bonds is 7. The number of aromatic nitrogens is 2. The molecule has 0 radical (unpaired) electrons. The highest BCUT2D eigenvalue weighted by molar-refractivity contribution is 5.80. The Balaban J connectivity index is 1.20. The molecular weight excluding hydrogens is 492 g/mol. The van der Waals surface area contributed by atoms with Crippen LogP contribution in [-0.4, -0.2) is 66.4 Å². The molecule has 8 nitrogen and oxygen atoms in total. The van der Waals surface area contributed by atoms with Gasteiger partial charge in [0.1, 0.15) is 11.9 Å². The van der Waals surface area contributed by atoms with Crippen LogP contribution in [0.15, 0.2) is 48.5 Å². The molecule has 6 rings (SSSR count). The van der Waals surface area contributed by atoms with Gasteiger partial charge in [-0.1, -0.05) is 30.3 Å². The predicted molar refractivity (Wildman–Crippen MR) is 139 cm³/mol. The number of piperazine rings is 1. The highest BCUT2D eigenvalue weighted by Gasteiger charge is 2.40. The number of carbonyl (C=O) groups excluding carboxylic acids is 1. The quantitative estimate of drug-likeness (QED) is 0.487. The number of anilines is 1. The molecule has 2 unspecified atom stereocenters. The zero-order valence-electron chi connectivity index (χ0n) is 21.4. The van der Waals surface area contributed by atoms with Crippen molar-refractivity contribution in [2.75, 3.05) is 32.6 Å². The van der Waals surface area contributed by atoms with Gasteiger partial charge in [0.15, 0.2) is 11.5 Å². The van der Waals surface area contributed by atoms with Gasteiger partial charge in [0.05, 0.1) is 32.4 Å². The average molecular weight is 524 g/mol. The van der Waals surface area contributed by atoms with Crippen molar-refractivity contribution in [2.45, 2.75) is 49.9 Å². The maximum Gasteiger partial charge on any atom is 0.260 e. The summed E-state index contributed by atoms with van der Waals surface area (Å²) >= 11 is 0. The number of nitrogens with one attached hydrogen (secondary N) is 2. The van der Waals surface area contributed by atoms with Gasteiger partial charge in [0.2, 0.25) is 5.91 Å². The van der Waals surface area contributed by atoms with Crippen LogP contribution in [0.25, 0.3) is 11.3 Å². The Morgan fingerprint density at radius 1 is 1.08 bits per heavy atom. The molecule has 0 spiro atoms. The fraction of sp³-hybridized carbons (Fsp3) is 0.429. The normalized spacial score (nSPS) is 23.9. The second-order valence-corrected chi connectivity index (χ2v) is 10.2. The van der Waals surface area contributed by atoms with E-state index in [1.54, 1.807) is 26.4 Å². The summed E-state index contributed by atoms with van der Waals surface area (Å²) in [6.45, 7) is 1.66. The van der Waals surface area contributed by atoms with Gasteiger partial charge in [-0.25, -0.2) is 13.5 Å². The van der Waals surface area contributed by atoms with Crippen LogP contribution in [0, 0.1) is 0 Å². The topological polar surface area (TPSA) is 80.7 Å². The summed E-state index contributed by atoms with van der Waals surface area (Å²) in [5, 5.41) is 11.3. The first kappa shape index (κ1) is 24.7. The number of likely N-dealkylation sites (tertiary alicyclic amines) is 1. The van der Waals surface area contributed by atoms with E-state index in [1.807, 2.05) is 41.3 Å². The Hall–Kier alpha value is -3.66. The lowest BCUT2D eigenvalue weighted by atomic mass is 9.97. The Morgan fingerprint density at radius 3 is 2.53 bits per heavy atom. The molecule has 0 aliphatic carbocycles. The summed E-state index contributed by atoms with van der Waals surface area (Å²) in [6, 6.07) is 14.2. The Labute approximate surface area is 219 Å². The van der Waals surface area contributed by atoms with Crippen LogP contribution in [0.2, 0.25) is 0 Å². The molecule has 3 aliphatic heterocycles. The summed E-state index contributed by atoms with van der Waals surface area (Å²) < 4.78 is 40.4. The van der Waals surface area contributed by atoms with Gasteiger partial charge in [0.25, 0.3) is 6.43 Å². The molecule has 2 saturated heterocycles. The molecule has 200 valence electrons. The summed E-state index contributed by atoms with van der Waals surface area (Å²) in [5.74, 6) is 1.81. The minimum absolute atomic E-state index is 0.148. The van der Waals surface area contributed by atoms with E-state index < -0.39 is 12.5 Å². The Kier molecular flexibility index (Phi) is 6.43. The number of hydrogen-bond donors (Lipinski definition) is 2. The minimum atomic E-state index is -2.57. The smallest absolute Gasteiger partial charge is 0.260 e. The fourth-order valence-corrected chi connectivity index (χ4v) is 5.91. The number of benzene rings is 2. The van der Waals surface area contributed by atoms with Crippen molar-refractivity contribution in [3.63, 3.8) is 0 Å². The number of carbonyl (C=O) groups is 1. The number of fused-ring (bicyclic) bond motifs is 3. The molecule has 2 bridgehead atoms. The van der Waals surface area contributed by atoms with Gasteiger partial charge in [-0.2, -0.15) is 5.10 Å². The molecular formula is C28H31F2N5O3. The van der Waals surface area contributed by atoms with Crippen molar-refractivity contribution in [2.24, 2.45) is 0 Å². The molecule has 2 N–H and O–H groups in total. The Bertz CT molecular complexity index is 1330. The van der Waals surface area contributed by atoms with E-state index in [0.29, 0.717) is 41.5 Å². The van der Waals surface area contributed by atoms with Gasteiger partial charge in [0, 0.05) is 36.8 Å². The largest absolute Gasteiger partial charge is 0.493 e. The highest BCUT2D eigenvalue weighted by atomic mass is 19.3. The zero-order valence-corrected chi connectivity index (χ0v) is 21.4. The molecule has 0 saturated carbocycles. The minimum Gasteiger partial charge on any atom is -0.493 e. The first-order chi connectivity index (χ1) is 18.4. The molecule has 2 fully saturated rings. The standard InChI is InChI=1S/C28H31F2N5O3/c1-37-24-8-7-18(10-25(24)38-2)21-12-23(28(29)30)35-26(32-21)13-22(33-35)17-5-3-16(4-6-17)9-27(36)34-15-19-11-20(34)14-31-19/h3-8,10,13,19-21,23,28,31-32H,9,11-12,14-15H2,1-2H3/t19-,20-,21?,23?/m0/s1. The third-order valence-corrected chi connectivity index (χ3v) is 7.93. The predicted octanol–water partition coefficient (Wildman–Crippen LogP) is 4.05. The molecule has 1 aromatic heterocycles. The molecule has 3 aromatic rings. The van der Waals surface area contributed by atoms with Crippen molar-refractivity contribution in [3.05, 3.63) is 59.7 Å². The lowest BCUT2D eigenvalue weighted by Gasteiger charge is -2.32. The molecule has 1 amide bonds. The molecule has 3 aliphatic rings. The van der Waals surface area contributed by atoms with Crippen LogP contribution < -0.4 is 20.1 Å². The lowest BCUT2D eigenvalue weighted by molar-refractivity contribution is -0.131. The van der Waals surface area contributed by atoms with E-state index in [-0.39, 0.29) is 18.4 Å². The number of nitrogens with zero attached hydrogens (tertiary/aromatic N) is 3. The van der Waals surface area contributed by atoms with Crippen LogP contribution >= 0.6 is 0 Å². The van der Waals surface area contributed by atoms with Crippen LogP contribution in [0.4, 0.5) is 14.6 Å². The monoisotopic (exact) mass is 523 g/mol. The number of ether oxygens (including phenoxy) is 2. The van der Waals surface area contributed by atoms with E-state index in [1.165, 1.54) is 4.68 Å². The van der Waals surface area contributed by atoms with E-state index in [4.69, 9.17) is 9.47 Å². The number of alkyl halides is 2. The van der Waals surface area contributed by atoms with Gasteiger partial charge in [-0.3, -0.25) is 4.79 Å². The van der Waals surface area contributed by atoms with E-state index in [0.717, 1.165) is 36.2 Å². The fourth-order valence-electron chi connectivity index (χ4n) is 5.91. The van der Waals surface area contributed by atoms with Crippen molar-refractivity contribution >= 4 is 11.7 Å². The van der Waals surface area contributed by atoms with Gasteiger partial charge >= 0.3 is 0 Å². The number of methoxy groups -OCH3 is 2. The lowest BCUT2D eigenvalue weighted by Crippen LogP contribution is -2.47. The number of amides is 1. The second-order valence-electron chi connectivity index (χ2n) is 10.2. The first-order valence-electron chi connectivity index (χ1n) is 12.9. The molecule has 38 heavy (non-hydrogen) atoms. The van der Waals surface area contributed by atoms with E-state index >= 15 is 0 Å². The summed E-state index contributed by atoms with van der Waals surface area (Å²) in [5.41, 5.74) is 3.17. The highest BCUT2D eigenvalue weighted by Crippen LogP contribution is 2.41. The third kappa shape index (κ3) is 4.47. The molecule has 2 aromatic carbocycles. The summed E-state index contributed by atoms with van der Waals surface area (Å²) in [4.78, 5) is 14.8. The second kappa shape index (κ2) is 9.90. The molecule has 10 heteroatoms.